The normalized spacial score (nSPS) is 15.9. The lowest BCUT2D eigenvalue weighted by molar-refractivity contribution is -0.207. The summed E-state index contributed by atoms with van der Waals surface area (Å²) in [6.07, 6.45) is -0.750. The lowest BCUT2D eigenvalue weighted by Crippen LogP contribution is -2.40. The summed E-state index contributed by atoms with van der Waals surface area (Å²) < 4.78 is 32.4. The van der Waals surface area contributed by atoms with Crippen LogP contribution >= 0.6 is 7.82 Å². The van der Waals surface area contributed by atoms with Gasteiger partial charge in [0.1, 0.15) is 12.6 Å². The molecule has 0 aromatic heterocycles. The average Bonchev–Trinajstić information content (AvgIpc) is 2.60. The Kier molecular flexibility index (Phi) is 11.6. The smallest absolute Gasteiger partial charge is 0.472 e. The van der Waals surface area contributed by atoms with E-state index in [1.54, 1.807) is 27.7 Å². The van der Waals surface area contributed by atoms with Crippen LogP contribution in [0.3, 0.4) is 0 Å². The number of aliphatic carboxylic acids is 1. The van der Waals surface area contributed by atoms with Crippen molar-refractivity contribution in [3.8, 4) is 0 Å². The average molecular weight is 526 g/mol. The lowest BCUT2D eigenvalue weighted by Gasteiger charge is -2.34. The van der Waals surface area contributed by atoms with Crippen LogP contribution in [-0.4, -0.2) is 53.5 Å². The van der Waals surface area contributed by atoms with E-state index in [1.807, 2.05) is 41.5 Å². The van der Waals surface area contributed by atoms with Crippen LogP contribution in [0.25, 0.3) is 0 Å². The molecule has 0 aliphatic rings. The number of rotatable bonds is 13. The van der Waals surface area contributed by atoms with Gasteiger partial charge in [-0.2, -0.15) is 0 Å². The van der Waals surface area contributed by atoms with Crippen LogP contribution in [0.5, 0.6) is 0 Å². The molecule has 0 bridgehead atoms. The van der Waals surface area contributed by atoms with E-state index >= 15 is 0 Å². The van der Waals surface area contributed by atoms with Crippen LogP contribution in [0.1, 0.15) is 82.1 Å². The first-order valence-electron chi connectivity index (χ1n) is 11.4. The second kappa shape index (κ2) is 12.1. The molecule has 0 spiro atoms. The summed E-state index contributed by atoms with van der Waals surface area (Å²) in [7, 11) is -4.80. The summed E-state index contributed by atoms with van der Waals surface area (Å²) >= 11 is 0. The fraction of sp³-hybridized carbons (Fsp3) is 0.870. The van der Waals surface area contributed by atoms with E-state index in [4.69, 9.17) is 24.8 Å². The number of esters is 2. The zero-order valence-electron chi connectivity index (χ0n) is 22.7. The Morgan fingerprint density at radius 3 is 1.43 bits per heavy atom. The Morgan fingerprint density at radius 2 is 1.11 bits per heavy atom. The van der Waals surface area contributed by atoms with Crippen molar-refractivity contribution in [2.75, 3.05) is 13.2 Å². The van der Waals surface area contributed by atoms with Gasteiger partial charge >= 0.3 is 25.7 Å². The predicted molar refractivity (Wildman–Crippen MR) is 129 cm³/mol. The Morgan fingerprint density at radius 1 is 0.771 bits per heavy atom. The molecule has 0 amide bonds. The van der Waals surface area contributed by atoms with Gasteiger partial charge < -0.3 is 25.2 Å². The number of nitrogens with two attached hydrogens (primary N) is 1. The van der Waals surface area contributed by atoms with Crippen LogP contribution in [0.2, 0.25) is 0 Å². The Balaban J connectivity index is 5.61. The van der Waals surface area contributed by atoms with Crippen molar-refractivity contribution < 1.29 is 47.5 Å². The third-order valence-electron chi connectivity index (χ3n) is 4.63. The molecule has 35 heavy (non-hydrogen) atoms. The quantitative estimate of drug-likeness (QED) is 0.181. The van der Waals surface area contributed by atoms with Crippen molar-refractivity contribution in [2.24, 2.45) is 27.4 Å². The monoisotopic (exact) mass is 525 g/mol. The van der Waals surface area contributed by atoms with Gasteiger partial charge in [0.25, 0.3) is 6.29 Å². The van der Waals surface area contributed by atoms with Gasteiger partial charge in [0.05, 0.1) is 17.4 Å². The Hall–Kier alpha value is -1.52. The molecular formula is C23H44NO10P. The highest BCUT2D eigenvalue weighted by molar-refractivity contribution is 7.47. The molecule has 12 heteroatoms. The molecule has 0 radical (unpaired) electrons. The maximum absolute atomic E-state index is 12.9. The Bertz CT molecular complexity index is 753. The topological polar surface area (TPSA) is 172 Å². The van der Waals surface area contributed by atoms with Crippen molar-refractivity contribution in [3.63, 3.8) is 0 Å². The fourth-order valence-corrected chi connectivity index (χ4v) is 4.62. The molecule has 0 heterocycles. The van der Waals surface area contributed by atoms with E-state index in [0.717, 1.165) is 0 Å². The number of hydrogen-bond acceptors (Lipinski definition) is 9. The molecule has 4 N–H and O–H groups in total. The van der Waals surface area contributed by atoms with E-state index < -0.39 is 62.1 Å². The zero-order valence-corrected chi connectivity index (χ0v) is 23.6. The van der Waals surface area contributed by atoms with Crippen LogP contribution in [0.15, 0.2) is 0 Å². The standard InChI is InChI=1S/C23H44NO10P/c1-20(2,3)13-22(7,8)18(27)33-16(34-19(28)23(9,10)14-21(4,5)6)12-32-35(29,30)31-11-15(24)17(25)26/h15-16H,11-14,24H2,1-10H3,(H,25,26)(H,29,30)/t15-/m0/s1. The van der Waals surface area contributed by atoms with Crippen molar-refractivity contribution in [1.29, 1.82) is 0 Å². The molecule has 0 saturated carbocycles. The van der Waals surface area contributed by atoms with Gasteiger partial charge in [-0.05, 0) is 51.4 Å². The third kappa shape index (κ3) is 14.0. The number of carboxylic acids is 1. The van der Waals surface area contributed by atoms with Gasteiger partial charge in [-0.1, -0.05) is 41.5 Å². The maximum Gasteiger partial charge on any atom is 0.472 e. The summed E-state index contributed by atoms with van der Waals surface area (Å²) in [5.74, 6) is -2.82. The third-order valence-corrected chi connectivity index (χ3v) is 5.59. The van der Waals surface area contributed by atoms with E-state index in [0.29, 0.717) is 12.8 Å². The van der Waals surface area contributed by atoms with Crippen molar-refractivity contribution in [1.82, 2.24) is 0 Å². The van der Waals surface area contributed by atoms with E-state index in [1.165, 1.54) is 0 Å². The minimum Gasteiger partial charge on any atom is -0.480 e. The number of carbonyl (C=O) groups is 3. The highest BCUT2D eigenvalue weighted by atomic mass is 31.2. The number of carboxylic acid groups (broad SMARTS) is 1. The number of phosphoric acid groups is 1. The summed E-state index contributed by atoms with van der Waals surface area (Å²) in [6, 6.07) is -1.55. The number of hydrogen-bond donors (Lipinski definition) is 3. The second-order valence-electron chi connectivity index (χ2n) is 12.5. The first-order chi connectivity index (χ1) is 15.4. The minimum absolute atomic E-state index is 0.211. The fourth-order valence-electron chi connectivity index (χ4n) is 3.88. The SMILES string of the molecule is CC(C)(C)CC(C)(C)C(=O)OC(COP(=O)(O)OC[C@H](N)C(=O)O)OC(=O)C(C)(C)CC(C)(C)C. The van der Waals surface area contributed by atoms with Crippen LogP contribution in [0.4, 0.5) is 0 Å². The van der Waals surface area contributed by atoms with Gasteiger partial charge in [0.15, 0.2) is 0 Å². The van der Waals surface area contributed by atoms with Gasteiger partial charge in [-0.15, -0.1) is 0 Å². The largest absolute Gasteiger partial charge is 0.480 e. The molecule has 0 saturated heterocycles. The maximum atomic E-state index is 12.9. The Labute approximate surface area is 208 Å². The molecule has 206 valence electrons. The van der Waals surface area contributed by atoms with Crippen LogP contribution in [-0.2, 0) is 37.5 Å². The number of phosphoric ester groups is 1. The van der Waals surface area contributed by atoms with E-state index in [9.17, 15) is 23.8 Å². The molecular weight excluding hydrogens is 481 g/mol. The van der Waals surface area contributed by atoms with Crippen LogP contribution < -0.4 is 5.73 Å². The first-order valence-corrected chi connectivity index (χ1v) is 12.9. The molecule has 11 nitrogen and oxygen atoms in total. The number of ether oxygens (including phenoxy) is 2. The molecule has 0 aliphatic carbocycles. The minimum atomic E-state index is -4.80. The number of carbonyl (C=O) groups excluding carboxylic acids is 2. The highest BCUT2D eigenvalue weighted by Gasteiger charge is 2.40. The second-order valence-corrected chi connectivity index (χ2v) is 13.9. The van der Waals surface area contributed by atoms with E-state index in [2.05, 4.69) is 4.52 Å². The van der Waals surface area contributed by atoms with E-state index in [-0.39, 0.29) is 10.8 Å². The van der Waals surface area contributed by atoms with Crippen molar-refractivity contribution in [3.05, 3.63) is 0 Å². The molecule has 0 aromatic carbocycles. The summed E-state index contributed by atoms with van der Waals surface area (Å²) in [6.45, 7) is 16.8. The summed E-state index contributed by atoms with van der Waals surface area (Å²) in [5, 5.41) is 8.78. The molecule has 1 unspecified atom stereocenters. The van der Waals surface area contributed by atoms with Crippen molar-refractivity contribution >= 4 is 25.7 Å². The molecule has 0 aromatic rings. The summed E-state index contributed by atoms with van der Waals surface area (Å²) in [5.41, 5.74) is 2.91. The van der Waals surface area contributed by atoms with Gasteiger partial charge in [-0.3, -0.25) is 23.4 Å². The predicted octanol–water partition coefficient (Wildman–Crippen LogP) is 3.87. The van der Waals surface area contributed by atoms with Gasteiger partial charge in [0.2, 0.25) is 0 Å². The molecule has 0 rings (SSSR count). The van der Waals surface area contributed by atoms with Gasteiger partial charge in [0, 0.05) is 0 Å². The molecule has 0 fully saturated rings. The summed E-state index contributed by atoms with van der Waals surface area (Å²) in [4.78, 5) is 46.5. The molecule has 2 atom stereocenters. The zero-order chi connectivity index (χ0) is 28.0. The van der Waals surface area contributed by atoms with Gasteiger partial charge in [-0.25, -0.2) is 4.57 Å². The van der Waals surface area contributed by atoms with Crippen molar-refractivity contribution in [2.45, 2.75) is 94.4 Å². The van der Waals surface area contributed by atoms with Crippen LogP contribution in [0, 0.1) is 21.7 Å². The molecule has 0 aliphatic heterocycles. The first kappa shape index (κ1) is 33.5. The lowest BCUT2D eigenvalue weighted by atomic mass is 9.76. The highest BCUT2D eigenvalue weighted by Crippen LogP contribution is 2.44.